The van der Waals surface area contributed by atoms with Crippen molar-refractivity contribution in [3.8, 4) is 5.75 Å². The molecule has 1 aromatic rings. The fourth-order valence-corrected chi connectivity index (χ4v) is 1.56. The molecule has 0 spiro atoms. The normalized spacial score (nSPS) is 18.6. The third kappa shape index (κ3) is 1.04. The Hall–Kier alpha value is -1.68. The van der Waals surface area contributed by atoms with Crippen LogP contribution in [0.5, 0.6) is 5.75 Å². The summed E-state index contributed by atoms with van der Waals surface area (Å²) >= 11 is 0. The number of hydrogen-bond donors (Lipinski definition) is 0. The average molecular weight is 192 g/mol. The number of hydrogen-bond acceptors (Lipinski definition) is 4. The molecule has 14 heavy (non-hydrogen) atoms. The second-order valence-electron chi connectivity index (χ2n) is 3.08. The standard InChI is InChI=1S/C10H8O4/c1-2-4-8-7(3-1)10-9(5-6-11-8)12-14-13-10/h1-4H,5-6H2. The van der Waals surface area contributed by atoms with Gasteiger partial charge in [0.05, 0.1) is 12.2 Å². The lowest BCUT2D eigenvalue weighted by molar-refractivity contribution is -0.441. The molecule has 0 saturated carbocycles. The zero-order valence-electron chi connectivity index (χ0n) is 7.36. The smallest absolute Gasteiger partial charge is 0.222 e. The lowest BCUT2D eigenvalue weighted by atomic mass is 10.1. The summed E-state index contributed by atoms with van der Waals surface area (Å²) < 4.78 is 5.53. The lowest BCUT2D eigenvalue weighted by Crippen LogP contribution is -1.98. The number of ether oxygens (including phenoxy) is 1. The summed E-state index contributed by atoms with van der Waals surface area (Å²) in [5, 5.41) is 4.47. The van der Waals surface area contributed by atoms with Gasteiger partial charge in [0.2, 0.25) is 5.76 Å². The van der Waals surface area contributed by atoms with Crippen LogP contribution in [0.1, 0.15) is 12.0 Å². The Morgan fingerprint density at radius 3 is 3.00 bits per heavy atom. The highest BCUT2D eigenvalue weighted by Crippen LogP contribution is 2.36. The van der Waals surface area contributed by atoms with Crippen LogP contribution in [0.3, 0.4) is 0 Å². The van der Waals surface area contributed by atoms with Crippen LogP contribution in [0.25, 0.3) is 5.76 Å². The quantitative estimate of drug-likeness (QED) is 0.589. The molecule has 2 aliphatic rings. The Labute approximate surface area is 80.5 Å². The number of para-hydroxylation sites is 1. The molecule has 0 bridgehead atoms. The third-order valence-electron chi connectivity index (χ3n) is 2.22. The molecule has 1 aromatic carbocycles. The Kier molecular flexibility index (Phi) is 1.61. The largest absolute Gasteiger partial charge is 0.492 e. The van der Waals surface area contributed by atoms with Gasteiger partial charge in [-0.25, -0.2) is 0 Å². The second kappa shape index (κ2) is 2.92. The van der Waals surface area contributed by atoms with Gasteiger partial charge in [0.1, 0.15) is 5.75 Å². The molecular formula is C10H8O4. The Bertz CT molecular complexity index is 397. The van der Waals surface area contributed by atoms with Crippen LogP contribution in [-0.4, -0.2) is 6.61 Å². The van der Waals surface area contributed by atoms with Crippen LogP contribution in [0.15, 0.2) is 30.0 Å². The molecule has 2 heterocycles. The van der Waals surface area contributed by atoms with Crippen molar-refractivity contribution < 1.29 is 19.6 Å². The molecule has 0 aliphatic carbocycles. The van der Waals surface area contributed by atoms with Crippen LogP contribution in [-0.2, 0) is 14.8 Å². The van der Waals surface area contributed by atoms with Crippen molar-refractivity contribution in [2.75, 3.05) is 6.61 Å². The molecule has 0 aromatic heterocycles. The van der Waals surface area contributed by atoms with Crippen LogP contribution >= 0.6 is 0 Å². The zero-order valence-corrected chi connectivity index (χ0v) is 7.36. The van der Waals surface area contributed by atoms with Crippen LogP contribution in [0.4, 0.5) is 0 Å². The molecule has 0 saturated heterocycles. The first kappa shape index (κ1) is 7.70. The summed E-state index contributed by atoms with van der Waals surface area (Å²) in [5.74, 6) is 2.11. The Morgan fingerprint density at radius 1 is 1.07 bits per heavy atom. The highest BCUT2D eigenvalue weighted by atomic mass is 17.5. The topological polar surface area (TPSA) is 36.9 Å². The molecule has 0 fully saturated rings. The molecule has 0 unspecified atom stereocenters. The van der Waals surface area contributed by atoms with E-state index in [0.717, 1.165) is 11.3 Å². The maximum Gasteiger partial charge on any atom is 0.222 e. The van der Waals surface area contributed by atoms with E-state index < -0.39 is 0 Å². The SMILES string of the molecule is c1ccc2c(c1)OCCC1=C2OOO1. The molecule has 72 valence electrons. The van der Waals surface area contributed by atoms with Crippen molar-refractivity contribution in [1.29, 1.82) is 0 Å². The fourth-order valence-electron chi connectivity index (χ4n) is 1.56. The predicted octanol–water partition coefficient (Wildman–Crippen LogP) is 2.03. The van der Waals surface area contributed by atoms with E-state index >= 15 is 0 Å². The van der Waals surface area contributed by atoms with Gasteiger partial charge < -0.3 is 4.74 Å². The van der Waals surface area contributed by atoms with E-state index in [2.05, 4.69) is 5.04 Å². The maximum atomic E-state index is 5.53. The minimum atomic E-state index is 0.572. The third-order valence-corrected chi connectivity index (χ3v) is 2.22. The van der Waals surface area contributed by atoms with Crippen LogP contribution in [0, 0.1) is 0 Å². The van der Waals surface area contributed by atoms with Crippen molar-refractivity contribution in [2.24, 2.45) is 0 Å². The lowest BCUT2D eigenvalue weighted by Gasteiger charge is -2.06. The van der Waals surface area contributed by atoms with Gasteiger partial charge in [-0.1, -0.05) is 12.1 Å². The summed E-state index contributed by atoms with van der Waals surface area (Å²) in [5.41, 5.74) is 0.873. The average Bonchev–Trinajstić information content (AvgIpc) is 2.61. The first-order valence-corrected chi connectivity index (χ1v) is 4.42. The number of benzene rings is 1. The van der Waals surface area contributed by atoms with Gasteiger partial charge in [-0.05, 0) is 12.1 Å². The summed E-state index contributed by atoms with van der Waals surface area (Å²) in [6.45, 7) is 0.572. The minimum Gasteiger partial charge on any atom is -0.492 e. The second-order valence-corrected chi connectivity index (χ2v) is 3.08. The Morgan fingerprint density at radius 2 is 2.00 bits per heavy atom. The van der Waals surface area contributed by atoms with Gasteiger partial charge in [0.25, 0.3) is 0 Å². The number of rotatable bonds is 0. The molecule has 0 amide bonds. The molecule has 4 nitrogen and oxygen atoms in total. The molecule has 0 atom stereocenters. The summed E-state index contributed by atoms with van der Waals surface area (Å²) in [6, 6.07) is 7.64. The van der Waals surface area contributed by atoms with Gasteiger partial charge in [-0.3, -0.25) is 9.78 Å². The van der Waals surface area contributed by atoms with Gasteiger partial charge >= 0.3 is 0 Å². The molecule has 2 aliphatic heterocycles. The molecule has 3 rings (SSSR count). The van der Waals surface area contributed by atoms with Crippen molar-refractivity contribution >= 4 is 5.76 Å². The van der Waals surface area contributed by atoms with Gasteiger partial charge in [0.15, 0.2) is 5.76 Å². The monoisotopic (exact) mass is 192 g/mol. The summed E-state index contributed by atoms with van der Waals surface area (Å²) in [4.78, 5) is 9.81. The van der Waals surface area contributed by atoms with E-state index in [1.54, 1.807) is 0 Å². The zero-order chi connectivity index (χ0) is 9.38. The van der Waals surface area contributed by atoms with Crippen molar-refractivity contribution in [1.82, 2.24) is 0 Å². The molecule has 4 heteroatoms. The van der Waals surface area contributed by atoms with Crippen LogP contribution < -0.4 is 4.74 Å². The fraction of sp³-hybridized carbons (Fsp3) is 0.200. The first-order chi connectivity index (χ1) is 6.95. The van der Waals surface area contributed by atoms with Crippen molar-refractivity contribution in [2.45, 2.75) is 6.42 Å². The van der Waals surface area contributed by atoms with E-state index in [4.69, 9.17) is 14.5 Å². The highest BCUT2D eigenvalue weighted by Gasteiger charge is 2.27. The summed E-state index contributed by atoms with van der Waals surface area (Å²) in [6.07, 6.45) is 0.657. The van der Waals surface area contributed by atoms with Gasteiger partial charge in [-0.15, -0.1) is 0 Å². The minimum absolute atomic E-state index is 0.572. The van der Waals surface area contributed by atoms with E-state index in [1.807, 2.05) is 24.3 Å². The predicted molar refractivity (Wildman–Crippen MR) is 46.7 cm³/mol. The van der Waals surface area contributed by atoms with E-state index in [1.165, 1.54) is 0 Å². The Balaban J connectivity index is 2.16. The number of fused-ring (bicyclic) bond motifs is 2. The van der Waals surface area contributed by atoms with Gasteiger partial charge in [0, 0.05) is 11.5 Å². The van der Waals surface area contributed by atoms with Crippen LogP contribution in [0.2, 0.25) is 0 Å². The van der Waals surface area contributed by atoms with Crippen molar-refractivity contribution in [3.05, 3.63) is 35.6 Å². The van der Waals surface area contributed by atoms with E-state index in [-0.39, 0.29) is 0 Å². The summed E-state index contributed by atoms with van der Waals surface area (Å²) in [7, 11) is 0. The molecule has 0 N–H and O–H groups in total. The molecule has 0 radical (unpaired) electrons. The molecular weight excluding hydrogens is 184 g/mol. The highest BCUT2D eigenvalue weighted by molar-refractivity contribution is 5.68. The maximum absolute atomic E-state index is 5.53. The first-order valence-electron chi connectivity index (χ1n) is 4.42. The van der Waals surface area contributed by atoms with E-state index in [9.17, 15) is 0 Å². The van der Waals surface area contributed by atoms with Crippen molar-refractivity contribution in [3.63, 3.8) is 0 Å². The van der Waals surface area contributed by atoms with E-state index in [0.29, 0.717) is 24.5 Å². The van der Waals surface area contributed by atoms with Gasteiger partial charge in [-0.2, -0.15) is 0 Å².